The van der Waals surface area contributed by atoms with E-state index in [1.165, 1.54) is 11.1 Å². The Bertz CT molecular complexity index is 438. The Hall–Kier alpha value is -1.64. The molecule has 94 valence electrons. The molecule has 2 heteroatoms. The maximum absolute atomic E-state index is 9.02. The Morgan fingerprint density at radius 1 is 0.722 bits per heavy atom. The van der Waals surface area contributed by atoms with Gasteiger partial charge in [0.05, 0.1) is 13.2 Å². The van der Waals surface area contributed by atoms with Gasteiger partial charge < -0.3 is 10.2 Å². The molecule has 2 rings (SSSR count). The van der Waals surface area contributed by atoms with Gasteiger partial charge in [0.1, 0.15) is 0 Å². The van der Waals surface area contributed by atoms with Crippen LogP contribution in [0.25, 0.3) is 0 Å². The van der Waals surface area contributed by atoms with Gasteiger partial charge in [0.2, 0.25) is 0 Å². The van der Waals surface area contributed by atoms with Crippen LogP contribution in [0, 0.1) is 0 Å². The lowest BCUT2D eigenvalue weighted by molar-refractivity contribution is 0.281. The Morgan fingerprint density at radius 2 is 1.06 bits per heavy atom. The van der Waals surface area contributed by atoms with E-state index in [0.717, 1.165) is 11.1 Å². The first kappa shape index (κ1) is 12.8. The van der Waals surface area contributed by atoms with E-state index >= 15 is 0 Å². The van der Waals surface area contributed by atoms with Crippen LogP contribution in [0.5, 0.6) is 0 Å². The van der Waals surface area contributed by atoms with Gasteiger partial charge in [0.15, 0.2) is 0 Å². The summed E-state index contributed by atoms with van der Waals surface area (Å²) in [5.41, 5.74) is 4.32. The van der Waals surface area contributed by atoms with Crippen LogP contribution in [0.2, 0.25) is 0 Å². The predicted octanol–water partition coefficient (Wildman–Crippen LogP) is 2.82. The zero-order valence-electron chi connectivity index (χ0n) is 10.5. The molecule has 0 radical (unpaired) electrons. The van der Waals surface area contributed by atoms with Crippen molar-refractivity contribution in [1.29, 1.82) is 0 Å². The van der Waals surface area contributed by atoms with E-state index in [-0.39, 0.29) is 13.2 Å². The second-order valence-corrected chi connectivity index (χ2v) is 4.52. The molecule has 0 fully saturated rings. The van der Waals surface area contributed by atoms with Crippen molar-refractivity contribution in [3.8, 4) is 0 Å². The highest BCUT2D eigenvalue weighted by molar-refractivity contribution is 5.34. The number of rotatable bonds is 4. The van der Waals surface area contributed by atoms with Crippen molar-refractivity contribution in [3.63, 3.8) is 0 Å². The van der Waals surface area contributed by atoms with Gasteiger partial charge in [-0.1, -0.05) is 55.5 Å². The molecule has 0 atom stereocenters. The lowest BCUT2D eigenvalue weighted by Crippen LogP contribution is -1.97. The van der Waals surface area contributed by atoms with Gasteiger partial charge in [-0.2, -0.15) is 0 Å². The second-order valence-electron chi connectivity index (χ2n) is 4.52. The molecular formula is C16H18O2. The zero-order chi connectivity index (χ0) is 13.0. The topological polar surface area (TPSA) is 40.5 Å². The summed E-state index contributed by atoms with van der Waals surface area (Å²) in [5, 5.41) is 18.0. The third kappa shape index (κ3) is 2.78. The smallest absolute Gasteiger partial charge is 0.0681 e. The molecule has 0 aliphatic heterocycles. The Balaban J connectivity index is 2.20. The molecule has 0 spiro atoms. The van der Waals surface area contributed by atoms with Gasteiger partial charge in [-0.05, 0) is 22.3 Å². The highest BCUT2D eigenvalue weighted by Crippen LogP contribution is 2.24. The molecule has 2 aromatic rings. The predicted molar refractivity (Wildman–Crippen MR) is 72.2 cm³/mol. The van der Waals surface area contributed by atoms with Gasteiger partial charge in [-0.15, -0.1) is 0 Å². The molecule has 2 nitrogen and oxygen atoms in total. The fourth-order valence-electron chi connectivity index (χ4n) is 2.02. The van der Waals surface area contributed by atoms with Crippen molar-refractivity contribution in [2.75, 3.05) is 0 Å². The quantitative estimate of drug-likeness (QED) is 0.865. The van der Waals surface area contributed by atoms with Crippen LogP contribution in [0.15, 0.2) is 48.5 Å². The normalized spacial score (nSPS) is 10.9. The summed E-state index contributed by atoms with van der Waals surface area (Å²) in [5.74, 6) is 0.311. The summed E-state index contributed by atoms with van der Waals surface area (Å²) in [7, 11) is 0. The van der Waals surface area contributed by atoms with Gasteiger partial charge in [-0.25, -0.2) is 0 Å². The summed E-state index contributed by atoms with van der Waals surface area (Å²) < 4.78 is 0. The monoisotopic (exact) mass is 242 g/mol. The first-order chi connectivity index (χ1) is 8.74. The van der Waals surface area contributed by atoms with E-state index < -0.39 is 0 Å². The van der Waals surface area contributed by atoms with E-state index in [2.05, 4.69) is 31.2 Å². The molecule has 0 saturated carbocycles. The number of hydrogen-bond donors (Lipinski definition) is 2. The second kappa shape index (κ2) is 5.80. The first-order valence-electron chi connectivity index (χ1n) is 6.14. The van der Waals surface area contributed by atoms with Crippen LogP contribution in [0.4, 0.5) is 0 Å². The maximum Gasteiger partial charge on any atom is 0.0681 e. The molecule has 0 aliphatic carbocycles. The molecule has 0 unspecified atom stereocenters. The van der Waals surface area contributed by atoms with Gasteiger partial charge in [-0.3, -0.25) is 0 Å². The van der Waals surface area contributed by atoms with Crippen molar-refractivity contribution in [1.82, 2.24) is 0 Å². The van der Waals surface area contributed by atoms with Crippen molar-refractivity contribution >= 4 is 0 Å². The highest BCUT2D eigenvalue weighted by Gasteiger charge is 2.08. The number of hydrogen-bond acceptors (Lipinski definition) is 2. The number of aliphatic hydroxyl groups excluding tert-OH is 2. The summed E-state index contributed by atoms with van der Waals surface area (Å²) in [4.78, 5) is 0. The van der Waals surface area contributed by atoms with Gasteiger partial charge in [0, 0.05) is 5.92 Å². The number of aliphatic hydroxyl groups is 2. The van der Waals surface area contributed by atoms with Crippen molar-refractivity contribution < 1.29 is 10.2 Å². The van der Waals surface area contributed by atoms with E-state index in [1.807, 2.05) is 24.3 Å². The average Bonchev–Trinajstić information content (AvgIpc) is 2.47. The average molecular weight is 242 g/mol. The molecule has 0 aromatic heterocycles. The van der Waals surface area contributed by atoms with E-state index in [1.54, 1.807) is 0 Å². The van der Waals surface area contributed by atoms with Gasteiger partial charge >= 0.3 is 0 Å². The van der Waals surface area contributed by atoms with Crippen LogP contribution < -0.4 is 0 Å². The standard InChI is InChI=1S/C16H18O2/c1-12(15-6-2-13(10-17)3-7-15)16-8-4-14(11-18)5-9-16/h2-9,12,17-18H,10-11H2,1H3. The molecule has 0 aliphatic rings. The summed E-state index contributed by atoms with van der Waals surface area (Å²) in [6, 6.07) is 16.0. The summed E-state index contributed by atoms with van der Waals surface area (Å²) in [6.07, 6.45) is 0. The van der Waals surface area contributed by atoms with E-state index in [9.17, 15) is 0 Å². The van der Waals surface area contributed by atoms with Crippen LogP contribution in [-0.4, -0.2) is 10.2 Å². The van der Waals surface area contributed by atoms with Crippen LogP contribution in [0.1, 0.15) is 35.1 Å². The van der Waals surface area contributed by atoms with E-state index in [0.29, 0.717) is 5.92 Å². The largest absolute Gasteiger partial charge is 0.392 e. The first-order valence-corrected chi connectivity index (χ1v) is 6.14. The number of benzene rings is 2. The lowest BCUT2D eigenvalue weighted by Gasteiger charge is -2.13. The minimum atomic E-state index is 0.0832. The van der Waals surface area contributed by atoms with Crippen LogP contribution in [0.3, 0.4) is 0 Å². The molecule has 0 bridgehead atoms. The fourth-order valence-corrected chi connectivity index (χ4v) is 2.02. The molecule has 18 heavy (non-hydrogen) atoms. The zero-order valence-corrected chi connectivity index (χ0v) is 10.5. The third-order valence-electron chi connectivity index (χ3n) is 3.32. The molecule has 2 aromatic carbocycles. The Kier molecular flexibility index (Phi) is 4.13. The van der Waals surface area contributed by atoms with Crippen molar-refractivity contribution in [2.24, 2.45) is 0 Å². The fraction of sp³-hybridized carbons (Fsp3) is 0.250. The SMILES string of the molecule is CC(c1ccc(CO)cc1)c1ccc(CO)cc1. The molecule has 0 amide bonds. The Labute approximate surface area is 108 Å². The van der Waals surface area contributed by atoms with Crippen LogP contribution in [-0.2, 0) is 13.2 Å². The van der Waals surface area contributed by atoms with Crippen molar-refractivity contribution in [2.45, 2.75) is 26.1 Å². The highest BCUT2D eigenvalue weighted by atomic mass is 16.3. The molecule has 0 saturated heterocycles. The summed E-state index contributed by atoms with van der Waals surface area (Å²) >= 11 is 0. The van der Waals surface area contributed by atoms with E-state index in [4.69, 9.17) is 10.2 Å². The minimum absolute atomic E-state index is 0.0832. The van der Waals surface area contributed by atoms with Gasteiger partial charge in [0.25, 0.3) is 0 Å². The molecule has 0 heterocycles. The van der Waals surface area contributed by atoms with Crippen LogP contribution >= 0.6 is 0 Å². The van der Waals surface area contributed by atoms with Crippen molar-refractivity contribution in [3.05, 3.63) is 70.8 Å². The summed E-state index contributed by atoms with van der Waals surface area (Å²) in [6.45, 7) is 2.32. The molecule has 2 N–H and O–H groups in total. The Morgan fingerprint density at radius 3 is 1.33 bits per heavy atom. The molecular weight excluding hydrogens is 224 g/mol. The minimum Gasteiger partial charge on any atom is -0.392 e. The third-order valence-corrected chi connectivity index (χ3v) is 3.32. The lowest BCUT2D eigenvalue weighted by atomic mass is 9.92. The maximum atomic E-state index is 9.02.